The Kier molecular flexibility index (Phi) is 7.80. The molecule has 33 heavy (non-hydrogen) atoms. The molecule has 4 rings (SSSR count). The molecule has 8 heteroatoms. The standard InChI is InChI=1S/C25H25N3O3S2/c1-31-20-11-5-9-19(15-20)16-28-24(30)23-21(12-14-32-23)27-25(28)33-17-22(29)26-13-6-10-18-7-3-2-4-8-18/h2-5,7-9,11-12,14-15H,6,10,13,16-17H2,1H3,(H,26,29). The second-order valence-electron chi connectivity index (χ2n) is 7.50. The van der Waals surface area contributed by atoms with E-state index in [0.717, 1.165) is 24.2 Å². The fraction of sp³-hybridized carbons (Fsp3) is 0.240. The zero-order chi connectivity index (χ0) is 23.0. The van der Waals surface area contributed by atoms with Crippen molar-refractivity contribution in [3.05, 3.63) is 87.5 Å². The number of thioether (sulfide) groups is 1. The fourth-order valence-corrected chi connectivity index (χ4v) is 5.08. The molecule has 0 spiro atoms. The highest BCUT2D eigenvalue weighted by Crippen LogP contribution is 2.22. The van der Waals surface area contributed by atoms with Crippen LogP contribution in [0.5, 0.6) is 5.75 Å². The van der Waals surface area contributed by atoms with Crippen molar-refractivity contribution in [1.29, 1.82) is 0 Å². The van der Waals surface area contributed by atoms with Crippen LogP contribution in [0.4, 0.5) is 0 Å². The molecule has 0 saturated heterocycles. The van der Waals surface area contributed by atoms with Gasteiger partial charge in [0.25, 0.3) is 5.56 Å². The highest BCUT2D eigenvalue weighted by atomic mass is 32.2. The van der Waals surface area contributed by atoms with Gasteiger partial charge in [0.2, 0.25) is 5.91 Å². The molecule has 2 aromatic heterocycles. The van der Waals surface area contributed by atoms with E-state index in [4.69, 9.17) is 4.74 Å². The van der Waals surface area contributed by atoms with Gasteiger partial charge in [-0.15, -0.1) is 11.3 Å². The Morgan fingerprint density at radius 3 is 2.76 bits per heavy atom. The Bertz CT molecular complexity index is 1290. The molecule has 0 aliphatic rings. The van der Waals surface area contributed by atoms with Crippen LogP contribution in [0.15, 0.2) is 76.0 Å². The molecule has 0 aliphatic heterocycles. The number of hydrogen-bond acceptors (Lipinski definition) is 6. The first kappa shape index (κ1) is 23.1. The van der Waals surface area contributed by atoms with Gasteiger partial charge in [-0.05, 0) is 47.5 Å². The number of carbonyl (C=O) groups excluding carboxylic acids is 1. The summed E-state index contributed by atoms with van der Waals surface area (Å²) in [5.74, 6) is 0.862. The molecule has 0 atom stereocenters. The number of ether oxygens (including phenoxy) is 1. The van der Waals surface area contributed by atoms with Crippen molar-refractivity contribution >= 4 is 39.2 Å². The topological polar surface area (TPSA) is 73.2 Å². The molecule has 2 aromatic carbocycles. The van der Waals surface area contributed by atoms with E-state index >= 15 is 0 Å². The molecule has 170 valence electrons. The summed E-state index contributed by atoms with van der Waals surface area (Å²) >= 11 is 2.67. The van der Waals surface area contributed by atoms with E-state index in [1.54, 1.807) is 11.7 Å². The molecular weight excluding hydrogens is 454 g/mol. The molecule has 6 nitrogen and oxygen atoms in total. The third-order valence-corrected chi connectivity index (χ3v) is 7.01. The van der Waals surface area contributed by atoms with Crippen molar-refractivity contribution in [3.63, 3.8) is 0 Å². The maximum Gasteiger partial charge on any atom is 0.272 e. The van der Waals surface area contributed by atoms with Crippen LogP contribution >= 0.6 is 23.1 Å². The second kappa shape index (κ2) is 11.2. The van der Waals surface area contributed by atoms with E-state index in [1.807, 2.05) is 53.9 Å². The number of aryl methyl sites for hydroxylation is 1. The largest absolute Gasteiger partial charge is 0.497 e. The van der Waals surface area contributed by atoms with Crippen molar-refractivity contribution in [2.24, 2.45) is 0 Å². The molecule has 0 bridgehead atoms. The van der Waals surface area contributed by atoms with Crippen LogP contribution in [-0.2, 0) is 17.8 Å². The van der Waals surface area contributed by atoms with Crippen molar-refractivity contribution < 1.29 is 9.53 Å². The van der Waals surface area contributed by atoms with E-state index in [-0.39, 0.29) is 17.2 Å². The maximum atomic E-state index is 13.1. The van der Waals surface area contributed by atoms with E-state index in [9.17, 15) is 9.59 Å². The lowest BCUT2D eigenvalue weighted by Gasteiger charge is -2.13. The lowest BCUT2D eigenvalue weighted by atomic mass is 10.1. The predicted octanol–water partition coefficient (Wildman–Crippen LogP) is 4.36. The Morgan fingerprint density at radius 1 is 1.12 bits per heavy atom. The smallest absolute Gasteiger partial charge is 0.272 e. The number of nitrogens with one attached hydrogen (secondary N) is 1. The summed E-state index contributed by atoms with van der Waals surface area (Å²) in [6.07, 6.45) is 1.80. The summed E-state index contributed by atoms with van der Waals surface area (Å²) in [6, 6.07) is 19.7. The Balaban J connectivity index is 1.42. The van der Waals surface area contributed by atoms with Gasteiger partial charge in [0, 0.05) is 6.54 Å². The second-order valence-corrected chi connectivity index (χ2v) is 9.36. The van der Waals surface area contributed by atoms with Gasteiger partial charge in [0.15, 0.2) is 5.16 Å². The van der Waals surface area contributed by atoms with Gasteiger partial charge in [-0.25, -0.2) is 4.98 Å². The van der Waals surface area contributed by atoms with Gasteiger partial charge in [-0.3, -0.25) is 14.2 Å². The molecule has 2 heterocycles. The predicted molar refractivity (Wildman–Crippen MR) is 134 cm³/mol. The van der Waals surface area contributed by atoms with Gasteiger partial charge in [-0.2, -0.15) is 0 Å². The quantitative estimate of drug-likeness (QED) is 0.208. The molecule has 4 aromatic rings. The highest BCUT2D eigenvalue weighted by molar-refractivity contribution is 7.99. The molecule has 0 aliphatic carbocycles. The lowest BCUT2D eigenvalue weighted by Crippen LogP contribution is -2.28. The van der Waals surface area contributed by atoms with Gasteiger partial charge in [0.1, 0.15) is 10.4 Å². The number of carbonyl (C=O) groups is 1. The molecule has 0 unspecified atom stereocenters. The van der Waals surface area contributed by atoms with Gasteiger partial charge in [-0.1, -0.05) is 54.2 Å². The summed E-state index contributed by atoms with van der Waals surface area (Å²) < 4.78 is 7.56. The Hall–Kier alpha value is -3.10. The number of aromatic nitrogens is 2. The molecule has 0 saturated carbocycles. The number of hydrogen-bond donors (Lipinski definition) is 1. The van der Waals surface area contributed by atoms with Crippen molar-refractivity contribution in [2.75, 3.05) is 19.4 Å². The third kappa shape index (κ3) is 6.03. The van der Waals surface area contributed by atoms with Crippen LogP contribution in [0.3, 0.4) is 0 Å². The number of amides is 1. The first-order valence-electron chi connectivity index (χ1n) is 10.7. The van der Waals surface area contributed by atoms with Crippen LogP contribution in [0.2, 0.25) is 0 Å². The first-order chi connectivity index (χ1) is 16.1. The summed E-state index contributed by atoms with van der Waals surface area (Å²) in [5.41, 5.74) is 2.76. The molecule has 0 radical (unpaired) electrons. The first-order valence-corrected chi connectivity index (χ1v) is 12.5. The zero-order valence-corrected chi connectivity index (χ0v) is 20.0. The minimum atomic E-state index is -0.0939. The number of nitrogens with zero attached hydrogens (tertiary/aromatic N) is 2. The highest BCUT2D eigenvalue weighted by Gasteiger charge is 2.15. The molecule has 0 fully saturated rings. The molecule has 1 amide bonds. The fourth-order valence-electron chi connectivity index (χ4n) is 3.47. The normalized spacial score (nSPS) is 10.9. The van der Waals surface area contributed by atoms with Crippen LogP contribution in [0.25, 0.3) is 10.2 Å². The van der Waals surface area contributed by atoms with Crippen molar-refractivity contribution in [1.82, 2.24) is 14.9 Å². The Morgan fingerprint density at radius 2 is 1.94 bits per heavy atom. The summed E-state index contributed by atoms with van der Waals surface area (Å²) in [5, 5.41) is 5.36. The van der Waals surface area contributed by atoms with Crippen molar-refractivity contribution in [3.8, 4) is 5.75 Å². The van der Waals surface area contributed by atoms with Crippen LogP contribution in [0, 0.1) is 0 Å². The van der Waals surface area contributed by atoms with E-state index in [1.165, 1.54) is 28.7 Å². The van der Waals surface area contributed by atoms with Gasteiger partial charge >= 0.3 is 0 Å². The third-order valence-electron chi connectivity index (χ3n) is 5.15. The summed E-state index contributed by atoms with van der Waals surface area (Å²) in [6.45, 7) is 0.972. The monoisotopic (exact) mass is 479 g/mol. The van der Waals surface area contributed by atoms with Crippen LogP contribution in [0.1, 0.15) is 17.5 Å². The van der Waals surface area contributed by atoms with Gasteiger partial charge < -0.3 is 10.1 Å². The lowest BCUT2D eigenvalue weighted by molar-refractivity contribution is -0.118. The molecule has 1 N–H and O–H groups in total. The number of benzene rings is 2. The van der Waals surface area contributed by atoms with Crippen LogP contribution < -0.4 is 15.6 Å². The summed E-state index contributed by atoms with van der Waals surface area (Å²) in [4.78, 5) is 30.2. The number of methoxy groups -OCH3 is 1. The van der Waals surface area contributed by atoms with Gasteiger partial charge in [0.05, 0.1) is 24.9 Å². The van der Waals surface area contributed by atoms with E-state index < -0.39 is 0 Å². The average molecular weight is 480 g/mol. The maximum absolute atomic E-state index is 13.1. The van der Waals surface area contributed by atoms with Crippen LogP contribution in [-0.4, -0.2) is 34.9 Å². The van der Waals surface area contributed by atoms with E-state index in [2.05, 4.69) is 22.4 Å². The number of thiophene rings is 1. The average Bonchev–Trinajstić information content (AvgIpc) is 3.32. The minimum Gasteiger partial charge on any atom is -0.497 e. The SMILES string of the molecule is COc1cccc(Cn2c(SCC(=O)NCCCc3ccccc3)nc3ccsc3c2=O)c1. The minimum absolute atomic E-state index is 0.0688. The summed E-state index contributed by atoms with van der Waals surface area (Å²) in [7, 11) is 1.62. The number of rotatable bonds is 10. The Labute approximate surface area is 200 Å². The number of fused-ring (bicyclic) bond motifs is 1. The van der Waals surface area contributed by atoms with Crippen molar-refractivity contribution in [2.45, 2.75) is 24.5 Å². The molecular formula is C25H25N3O3S2. The zero-order valence-electron chi connectivity index (χ0n) is 18.3. The van der Waals surface area contributed by atoms with E-state index in [0.29, 0.717) is 28.5 Å².